The molecule has 0 atom stereocenters. The van der Waals surface area contributed by atoms with Gasteiger partial charge in [0.05, 0.1) is 17.5 Å². The predicted octanol–water partition coefficient (Wildman–Crippen LogP) is 3.27. The van der Waals surface area contributed by atoms with E-state index >= 15 is 0 Å². The summed E-state index contributed by atoms with van der Waals surface area (Å²) >= 11 is 0. The van der Waals surface area contributed by atoms with Crippen LogP contribution >= 0.6 is 0 Å². The molecule has 0 aliphatic carbocycles. The number of carbonyl (C=O) groups excluding carboxylic acids is 3. The first-order valence-electron chi connectivity index (χ1n) is 7.78. The van der Waals surface area contributed by atoms with Crippen LogP contribution in [-0.4, -0.2) is 29.2 Å². The molecule has 0 aromatic heterocycles. The van der Waals surface area contributed by atoms with Crippen LogP contribution in [0.25, 0.3) is 0 Å². The standard InChI is InChI=1S/C18H12F3NO5/c19-18(20,21)26-14-8-4-1-5-11(14)9-10-15(23)27-22-16(24)12-6-2-3-7-13(12)17(22)25/h1-8H,9-10H2. The molecule has 140 valence electrons. The molecule has 0 radical (unpaired) electrons. The van der Waals surface area contributed by atoms with E-state index in [-0.39, 0.29) is 29.5 Å². The molecule has 2 aromatic rings. The molecule has 2 amide bonds. The maximum atomic E-state index is 12.4. The molecule has 0 saturated heterocycles. The van der Waals surface area contributed by atoms with Gasteiger partial charge in [-0.15, -0.1) is 13.2 Å². The largest absolute Gasteiger partial charge is 0.573 e. The quantitative estimate of drug-likeness (QED) is 0.746. The summed E-state index contributed by atoms with van der Waals surface area (Å²) in [6.07, 6.45) is -5.35. The Bertz CT molecular complexity index is 875. The van der Waals surface area contributed by atoms with Crippen molar-refractivity contribution < 1.29 is 37.1 Å². The molecule has 1 aliphatic rings. The molecule has 0 unspecified atom stereocenters. The monoisotopic (exact) mass is 379 g/mol. The van der Waals surface area contributed by atoms with Crippen LogP contribution in [0.4, 0.5) is 13.2 Å². The SMILES string of the molecule is O=C(CCc1ccccc1OC(F)(F)F)ON1C(=O)c2ccccc2C1=O. The summed E-state index contributed by atoms with van der Waals surface area (Å²) < 4.78 is 41.1. The molecular weight excluding hydrogens is 367 g/mol. The van der Waals surface area contributed by atoms with Gasteiger partial charge in [-0.3, -0.25) is 9.59 Å². The van der Waals surface area contributed by atoms with E-state index in [1.807, 2.05) is 0 Å². The van der Waals surface area contributed by atoms with Gasteiger partial charge >= 0.3 is 12.3 Å². The number of aryl methyl sites for hydroxylation is 1. The Morgan fingerprint density at radius 1 is 0.926 bits per heavy atom. The Balaban J connectivity index is 1.63. The van der Waals surface area contributed by atoms with Gasteiger partial charge in [-0.1, -0.05) is 35.4 Å². The van der Waals surface area contributed by atoms with Crippen molar-refractivity contribution in [1.82, 2.24) is 5.06 Å². The van der Waals surface area contributed by atoms with E-state index in [0.29, 0.717) is 5.06 Å². The zero-order valence-corrected chi connectivity index (χ0v) is 13.7. The van der Waals surface area contributed by atoms with E-state index in [2.05, 4.69) is 4.74 Å². The maximum Gasteiger partial charge on any atom is 0.573 e. The highest BCUT2D eigenvalue weighted by molar-refractivity contribution is 6.20. The molecule has 2 aromatic carbocycles. The summed E-state index contributed by atoms with van der Waals surface area (Å²) in [4.78, 5) is 41.0. The molecule has 0 saturated carbocycles. The molecule has 0 spiro atoms. The van der Waals surface area contributed by atoms with Gasteiger partial charge in [0.25, 0.3) is 11.8 Å². The lowest BCUT2D eigenvalue weighted by Crippen LogP contribution is -2.32. The van der Waals surface area contributed by atoms with Crippen LogP contribution in [0.3, 0.4) is 0 Å². The molecule has 1 heterocycles. The average molecular weight is 379 g/mol. The second kappa shape index (κ2) is 7.10. The number of hydrogen-bond acceptors (Lipinski definition) is 5. The topological polar surface area (TPSA) is 72.9 Å². The molecule has 6 nitrogen and oxygen atoms in total. The van der Waals surface area contributed by atoms with Crippen LogP contribution < -0.4 is 4.74 Å². The zero-order valence-electron chi connectivity index (χ0n) is 13.7. The number of hydroxylamine groups is 2. The number of amides is 2. The van der Waals surface area contributed by atoms with Gasteiger partial charge < -0.3 is 9.57 Å². The Kier molecular flexibility index (Phi) is 4.85. The van der Waals surface area contributed by atoms with Gasteiger partial charge in [-0.2, -0.15) is 0 Å². The smallest absolute Gasteiger partial charge is 0.406 e. The molecule has 3 rings (SSSR count). The summed E-state index contributed by atoms with van der Waals surface area (Å²) in [5, 5.41) is 0.352. The van der Waals surface area contributed by atoms with Crippen molar-refractivity contribution in [2.24, 2.45) is 0 Å². The summed E-state index contributed by atoms with van der Waals surface area (Å²) in [7, 11) is 0. The summed E-state index contributed by atoms with van der Waals surface area (Å²) in [5.41, 5.74) is 0.354. The Labute approximate surface area is 151 Å². The van der Waals surface area contributed by atoms with Crippen molar-refractivity contribution in [2.45, 2.75) is 19.2 Å². The van der Waals surface area contributed by atoms with Crippen LogP contribution in [-0.2, 0) is 16.1 Å². The van der Waals surface area contributed by atoms with E-state index in [4.69, 9.17) is 4.84 Å². The minimum absolute atomic E-state index is 0.110. The predicted molar refractivity (Wildman–Crippen MR) is 84.5 cm³/mol. The number of rotatable bonds is 5. The summed E-state index contributed by atoms with van der Waals surface area (Å²) in [5.74, 6) is -2.92. The van der Waals surface area contributed by atoms with Crippen LogP contribution in [0.2, 0.25) is 0 Å². The minimum Gasteiger partial charge on any atom is -0.406 e. The highest BCUT2D eigenvalue weighted by Gasteiger charge is 2.38. The number of hydrogen-bond donors (Lipinski definition) is 0. The van der Waals surface area contributed by atoms with E-state index < -0.39 is 29.9 Å². The third kappa shape index (κ3) is 4.08. The molecule has 1 aliphatic heterocycles. The van der Waals surface area contributed by atoms with E-state index in [9.17, 15) is 27.6 Å². The number of halogens is 3. The Morgan fingerprint density at radius 3 is 2.07 bits per heavy atom. The molecule has 9 heteroatoms. The fourth-order valence-electron chi connectivity index (χ4n) is 2.57. The Morgan fingerprint density at radius 2 is 1.48 bits per heavy atom. The van der Waals surface area contributed by atoms with Gasteiger partial charge in [0.2, 0.25) is 0 Å². The number of benzene rings is 2. The number of imide groups is 1. The van der Waals surface area contributed by atoms with Gasteiger partial charge in [0.15, 0.2) is 0 Å². The number of alkyl halides is 3. The number of fused-ring (bicyclic) bond motifs is 1. The summed E-state index contributed by atoms with van der Waals surface area (Å²) in [6, 6.07) is 11.3. The van der Waals surface area contributed by atoms with Crippen LogP contribution in [0.5, 0.6) is 5.75 Å². The van der Waals surface area contributed by atoms with Gasteiger partial charge in [-0.25, -0.2) is 4.79 Å². The van der Waals surface area contributed by atoms with Gasteiger partial charge in [0, 0.05) is 0 Å². The number of ether oxygens (including phenoxy) is 1. The fourth-order valence-corrected chi connectivity index (χ4v) is 2.57. The normalized spacial score (nSPS) is 13.5. The number of carbonyl (C=O) groups is 3. The van der Waals surface area contributed by atoms with E-state index in [1.54, 1.807) is 12.1 Å². The summed E-state index contributed by atoms with van der Waals surface area (Å²) in [6.45, 7) is 0. The zero-order chi connectivity index (χ0) is 19.6. The van der Waals surface area contributed by atoms with Crippen LogP contribution in [0, 0.1) is 0 Å². The lowest BCUT2D eigenvalue weighted by Gasteiger charge is -2.14. The fraction of sp³-hybridized carbons (Fsp3) is 0.167. The molecule has 27 heavy (non-hydrogen) atoms. The first-order chi connectivity index (χ1) is 12.8. The van der Waals surface area contributed by atoms with E-state index in [1.165, 1.54) is 30.3 Å². The second-order valence-electron chi connectivity index (χ2n) is 5.57. The van der Waals surface area contributed by atoms with Crippen molar-refractivity contribution in [2.75, 3.05) is 0 Å². The number of para-hydroxylation sites is 1. The lowest BCUT2D eigenvalue weighted by molar-refractivity contribution is -0.274. The van der Waals surface area contributed by atoms with Crippen molar-refractivity contribution in [3.63, 3.8) is 0 Å². The lowest BCUT2D eigenvalue weighted by atomic mass is 10.1. The van der Waals surface area contributed by atoms with Crippen molar-refractivity contribution >= 4 is 17.8 Å². The van der Waals surface area contributed by atoms with Crippen molar-refractivity contribution in [1.29, 1.82) is 0 Å². The third-order valence-corrected chi connectivity index (χ3v) is 3.75. The first-order valence-corrected chi connectivity index (χ1v) is 7.78. The van der Waals surface area contributed by atoms with Crippen LogP contribution in [0.1, 0.15) is 32.7 Å². The second-order valence-corrected chi connectivity index (χ2v) is 5.57. The average Bonchev–Trinajstić information content (AvgIpc) is 2.85. The van der Waals surface area contributed by atoms with Gasteiger partial charge in [-0.05, 0) is 30.2 Å². The maximum absolute atomic E-state index is 12.4. The molecular formula is C18H12F3NO5. The van der Waals surface area contributed by atoms with Crippen molar-refractivity contribution in [3.05, 3.63) is 65.2 Å². The highest BCUT2D eigenvalue weighted by atomic mass is 19.4. The van der Waals surface area contributed by atoms with Crippen LogP contribution in [0.15, 0.2) is 48.5 Å². The molecule has 0 N–H and O–H groups in total. The highest BCUT2D eigenvalue weighted by Crippen LogP contribution is 2.27. The van der Waals surface area contributed by atoms with Gasteiger partial charge in [0.1, 0.15) is 5.75 Å². The Hall–Kier alpha value is -3.36. The minimum atomic E-state index is -4.86. The van der Waals surface area contributed by atoms with Crippen molar-refractivity contribution in [3.8, 4) is 5.75 Å². The van der Waals surface area contributed by atoms with E-state index in [0.717, 1.165) is 6.07 Å². The molecule has 0 bridgehead atoms. The first kappa shape index (κ1) is 18.4. The third-order valence-electron chi connectivity index (χ3n) is 3.75. The number of nitrogens with zero attached hydrogens (tertiary/aromatic N) is 1. The molecule has 0 fully saturated rings.